The van der Waals surface area contributed by atoms with E-state index in [1.807, 2.05) is 0 Å². The highest BCUT2D eigenvalue weighted by Crippen LogP contribution is 2.22. The molecule has 0 saturated heterocycles. The first-order valence-corrected chi connectivity index (χ1v) is 5.79. The van der Waals surface area contributed by atoms with Crippen molar-refractivity contribution >= 4 is 11.8 Å². The lowest BCUT2D eigenvalue weighted by atomic mass is 10.1. The first-order chi connectivity index (χ1) is 8.25. The molecule has 1 aliphatic heterocycles. The topological polar surface area (TPSA) is 57.3 Å². The molecule has 0 saturated carbocycles. The van der Waals surface area contributed by atoms with Crippen LogP contribution in [-0.4, -0.2) is 29.9 Å². The molecule has 17 heavy (non-hydrogen) atoms. The molecule has 0 fully saturated rings. The lowest BCUT2D eigenvalue weighted by Crippen LogP contribution is -2.30. The molecule has 1 aromatic rings. The molecule has 0 bridgehead atoms. The van der Waals surface area contributed by atoms with E-state index in [1.165, 1.54) is 4.90 Å². The zero-order valence-corrected chi connectivity index (χ0v) is 9.52. The lowest BCUT2D eigenvalue weighted by molar-refractivity contribution is 0.0650. The average molecular weight is 232 g/mol. The molecule has 0 aliphatic carbocycles. The van der Waals surface area contributed by atoms with E-state index in [1.54, 1.807) is 24.3 Å². The molecule has 0 atom stereocenters. The fraction of sp³-hybridized carbons (Fsp3) is 0.385. The van der Waals surface area contributed by atoms with Gasteiger partial charge in [-0.15, -0.1) is 0 Å². The van der Waals surface area contributed by atoms with Crippen molar-refractivity contribution < 1.29 is 14.7 Å². The number of hydrogen-bond donors (Lipinski definition) is 0. The third-order valence-electron chi connectivity index (χ3n) is 2.90. The molecule has 2 rings (SSSR count). The van der Waals surface area contributed by atoms with Crippen LogP contribution in [0.5, 0.6) is 0 Å². The first kappa shape index (κ1) is 11.8. The highest BCUT2D eigenvalue weighted by atomic mass is 16.3. The fourth-order valence-corrected chi connectivity index (χ4v) is 1.99. The van der Waals surface area contributed by atoms with Gasteiger partial charge in [0.15, 0.2) is 0 Å². The fourth-order valence-electron chi connectivity index (χ4n) is 1.99. The third-order valence-corrected chi connectivity index (χ3v) is 2.90. The van der Waals surface area contributed by atoms with Crippen LogP contribution in [0.4, 0.5) is 0 Å². The Morgan fingerprint density at radius 3 is 2.00 bits per heavy atom. The van der Waals surface area contributed by atoms with Crippen molar-refractivity contribution in [2.24, 2.45) is 0 Å². The average Bonchev–Trinajstić information content (AvgIpc) is 2.60. The summed E-state index contributed by atoms with van der Waals surface area (Å²) in [7, 11) is 0. The lowest BCUT2D eigenvalue weighted by Gasteiger charge is -2.12. The predicted molar refractivity (Wildman–Crippen MR) is 61.2 cm³/mol. The van der Waals surface area contributed by atoms with E-state index in [0.29, 0.717) is 30.5 Å². The van der Waals surface area contributed by atoms with Crippen LogP contribution >= 0.6 is 0 Å². The molecular formula is C13H14NO3. The number of carbonyl (C=O) groups is 2. The van der Waals surface area contributed by atoms with Gasteiger partial charge in [0, 0.05) is 6.54 Å². The van der Waals surface area contributed by atoms with Crippen molar-refractivity contribution in [2.45, 2.75) is 19.3 Å². The summed E-state index contributed by atoms with van der Waals surface area (Å²) in [6, 6.07) is 6.86. The van der Waals surface area contributed by atoms with E-state index < -0.39 is 0 Å². The SMILES string of the molecule is [O]CCCCCN1C(=O)c2ccccc2C1=O. The molecule has 89 valence electrons. The number of unbranched alkanes of at least 4 members (excludes halogenated alkanes) is 2. The quantitative estimate of drug-likeness (QED) is 0.575. The number of amides is 2. The van der Waals surface area contributed by atoms with Crippen LogP contribution in [0, 0.1) is 0 Å². The van der Waals surface area contributed by atoms with Gasteiger partial charge in [0.2, 0.25) is 0 Å². The second-order valence-electron chi connectivity index (χ2n) is 4.07. The van der Waals surface area contributed by atoms with Crippen LogP contribution in [0.15, 0.2) is 24.3 Å². The van der Waals surface area contributed by atoms with Gasteiger partial charge in [0.05, 0.1) is 17.7 Å². The zero-order chi connectivity index (χ0) is 12.3. The Morgan fingerprint density at radius 1 is 0.882 bits per heavy atom. The molecule has 1 heterocycles. The summed E-state index contributed by atoms with van der Waals surface area (Å²) in [6.07, 6.45) is 2.06. The van der Waals surface area contributed by atoms with E-state index in [2.05, 4.69) is 0 Å². The van der Waals surface area contributed by atoms with Gasteiger partial charge >= 0.3 is 0 Å². The minimum absolute atomic E-state index is 0.0951. The molecule has 0 spiro atoms. The van der Waals surface area contributed by atoms with Gasteiger partial charge in [0.1, 0.15) is 0 Å². The molecule has 4 heteroatoms. The molecular weight excluding hydrogens is 218 g/mol. The number of nitrogens with zero attached hydrogens (tertiary/aromatic N) is 1. The van der Waals surface area contributed by atoms with Gasteiger partial charge in [-0.3, -0.25) is 14.5 Å². The second-order valence-corrected chi connectivity index (χ2v) is 4.07. The first-order valence-electron chi connectivity index (χ1n) is 5.79. The highest BCUT2D eigenvalue weighted by Gasteiger charge is 2.34. The van der Waals surface area contributed by atoms with Gasteiger partial charge in [-0.05, 0) is 31.4 Å². The van der Waals surface area contributed by atoms with Gasteiger partial charge in [0.25, 0.3) is 11.8 Å². The summed E-state index contributed by atoms with van der Waals surface area (Å²) in [5.74, 6) is -0.430. The largest absolute Gasteiger partial charge is 0.274 e. The number of fused-ring (bicyclic) bond motifs is 1. The molecule has 2 amide bonds. The zero-order valence-electron chi connectivity index (χ0n) is 9.52. The Bertz CT molecular complexity index is 407. The van der Waals surface area contributed by atoms with Gasteiger partial charge in [-0.1, -0.05) is 12.1 Å². The van der Waals surface area contributed by atoms with E-state index >= 15 is 0 Å². The number of hydrogen-bond acceptors (Lipinski definition) is 2. The molecule has 0 aromatic heterocycles. The van der Waals surface area contributed by atoms with E-state index in [0.717, 1.165) is 6.42 Å². The molecule has 1 radical (unpaired) electrons. The van der Waals surface area contributed by atoms with Crippen molar-refractivity contribution in [2.75, 3.05) is 13.2 Å². The van der Waals surface area contributed by atoms with Crippen molar-refractivity contribution in [1.29, 1.82) is 0 Å². The molecule has 1 aromatic carbocycles. The minimum Gasteiger partial charge on any atom is -0.274 e. The summed E-state index contributed by atoms with van der Waals surface area (Å²) in [6.45, 7) is 0.314. The van der Waals surface area contributed by atoms with E-state index in [4.69, 9.17) is 0 Å². The summed E-state index contributed by atoms with van der Waals surface area (Å²) in [5.41, 5.74) is 0.975. The molecule has 4 nitrogen and oxygen atoms in total. The molecule has 0 unspecified atom stereocenters. The van der Waals surface area contributed by atoms with E-state index in [9.17, 15) is 14.7 Å². The Kier molecular flexibility index (Phi) is 3.54. The van der Waals surface area contributed by atoms with Crippen molar-refractivity contribution in [3.63, 3.8) is 0 Å². The van der Waals surface area contributed by atoms with Gasteiger partial charge in [-0.2, -0.15) is 0 Å². The molecule has 1 aliphatic rings. The predicted octanol–water partition coefficient (Wildman–Crippen LogP) is 1.88. The Labute approximate surface area is 99.9 Å². The van der Waals surface area contributed by atoms with E-state index in [-0.39, 0.29) is 18.4 Å². The smallest absolute Gasteiger partial charge is 0.261 e. The van der Waals surface area contributed by atoms with Crippen LogP contribution < -0.4 is 0 Å². The second kappa shape index (κ2) is 5.10. The van der Waals surface area contributed by atoms with Crippen molar-refractivity contribution in [3.05, 3.63) is 35.4 Å². The summed E-state index contributed by atoms with van der Waals surface area (Å²) in [4.78, 5) is 25.1. The van der Waals surface area contributed by atoms with Crippen LogP contribution in [-0.2, 0) is 5.11 Å². The molecule has 0 N–H and O–H groups in total. The van der Waals surface area contributed by atoms with Crippen LogP contribution in [0.3, 0.4) is 0 Å². The Hall–Kier alpha value is -1.68. The van der Waals surface area contributed by atoms with Crippen LogP contribution in [0.25, 0.3) is 0 Å². The Balaban J connectivity index is 2.03. The normalized spacial score (nSPS) is 14.3. The number of imide groups is 1. The maximum atomic E-state index is 11.9. The van der Waals surface area contributed by atoms with Crippen molar-refractivity contribution in [3.8, 4) is 0 Å². The van der Waals surface area contributed by atoms with Crippen LogP contribution in [0.2, 0.25) is 0 Å². The van der Waals surface area contributed by atoms with Crippen molar-refractivity contribution in [1.82, 2.24) is 4.90 Å². The third kappa shape index (κ3) is 2.22. The number of carbonyl (C=O) groups excluding carboxylic acids is 2. The number of rotatable bonds is 5. The summed E-state index contributed by atoms with van der Waals surface area (Å²) >= 11 is 0. The summed E-state index contributed by atoms with van der Waals surface area (Å²) < 4.78 is 0. The standard InChI is InChI=1S/C13H14NO3/c15-9-5-1-4-8-14-12(16)10-6-2-3-7-11(10)13(14)17/h2-3,6-7H,1,4-5,8-9H2. The number of benzene rings is 1. The minimum atomic E-state index is -0.215. The van der Waals surface area contributed by atoms with Gasteiger partial charge in [-0.25, -0.2) is 5.11 Å². The maximum absolute atomic E-state index is 11.9. The maximum Gasteiger partial charge on any atom is 0.261 e. The Morgan fingerprint density at radius 2 is 1.47 bits per heavy atom. The summed E-state index contributed by atoms with van der Waals surface area (Å²) in [5, 5.41) is 10.3. The monoisotopic (exact) mass is 232 g/mol. The van der Waals surface area contributed by atoms with Crippen LogP contribution in [0.1, 0.15) is 40.0 Å². The highest BCUT2D eigenvalue weighted by molar-refractivity contribution is 6.21. The van der Waals surface area contributed by atoms with Gasteiger partial charge < -0.3 is 0 Å².